The van der Waals surface area contributed by atoms with Crippen molar-refractivity contribution in [1.82, 2.24) is 0 Å². The van der Waals surface area contributed by atoms with Crippen LogP contribution in [0.4, 0.5) is 5.69 Å². The molecule has 0 radical (unpaired) electrons. The van der Waals surface area contributed by atoms with Gasteiger partial charge in [-0.2, -0.15) is 0 Å². The molecule has 7 nitrogen and oxygen atoms in total. The molecule has 0 saturated carbocycles. The quantitative estimate of drug-likeness (QED) is 0.737. The van der Waals surface area contributed by atoms with Crippen molar-refractivity contribution in [1.29, 1.82) is 0 Å². The van der Waals surface area contributed by atoms with Gasteiger partial charge in [0.15, 0.2) is 0 Å². The molecule has 0 atom stereocenters. The van der Waals surface area contributed by atoms with Gasteiger partial charge in [0.1, 0.15) is 17.2 Å². The first-order chi connectivity index (χ1) is 12.8. The van der Waals surface area contributed by atoms with Gasteiger partial charge < -0.3 is 24.6 Å². The molecule has 2 rings (SSSR count). The highest BCUT2D eigenvalue weighted by molar-refractivity contribution is 5.97. The number of carbonyl (C=O) groups is 2. The number of methoxy groups -OCH3 is 2. The van der Waals surface area contributed by atoms with Crippen molar-refractivity contribution in [2.45, 2.75) is 26.4 Å². The van der Waals surface area contributed by atoms with E-state index in [0.717, 1.165) is 0 Å². The van der Waals surface area contributed by atoms with Gasteiger partial charge in [-0.1, -0.05) is 6.07 Å². The van der Waals surface area contributed by atoms with E-state index >= 15 is 0 Å². The molecule has 0 bridgehead atoms. The van der Waals surface area contributed by atoms with Crippen LogP contribution in [0.3, 0.4) is 0 Å². The van der Waals surface area contributed by atoms with E-state index in [2.05, 4.69) is 5.32 Å². The Morgan fingerprint density at radius 2 is 1.67 bits per heavy atom. The Morgan fingerprint density at radius 3 is 2.19 bits per heavy atom. The fourth-order valence-electron chi connectivity index (χ4n) is 2.57. The van der Waals surface area contributed by atoms with Gasteiger partial charge in [0.25, 0.3) is 0 Å². The van der Waals surface area contributed by atoms with Crippen molar-refractivity contribution < 1.29 is 28.9 Å². The van der Waals surface area contributed by atoms with Crippen LogP contribution in [-0.2, 0) is 11.2 Å². The summed E-state index contributed by atoms with van der Waals surface area (Å²) >= 11 is 0. The molecule has 0 unspecified atom stereocenters. The molecule has 2 aromatic carbocycles. The van der Waals surface area contributed by atoms with E-state index in [0.29, 0.717) is 28.5 Å². The summed E-state index contributed by atoms with van der Waals surface area (Å²) in [7, 11) is 3.03. The SMILES string of the molecule is COc1cccc(OC)c1CC(=O)Nc1cc(C(=O)O)ccc1OC(C)C. The summed E-state index contributed by atoms with van der Waals surface area (Å²) in [5.41, 5.74) is 0.944. The Labute approximate surface area is 157 Å². The average Bonchev–Trinajstić information content (AvgIpc) is 2.62. The zero-order chi connectivity index (χ0) is 20.0. The number of ether oxygens (including phenoxy) is 3. The molecule has 0 aliphatic rings. The smallest absolute Gasteiger partial charge is 0.335 e. The molecule has 7 heteroatoms. The molecule has 1 amide bonds. The minimum atomic E-state index is -1.09. The van der Waals surface area contributed by atoms with Gasteiger partial charge >= 0.3 is 5.97 Å². The van der Waals surface area contributed by atoms with Crippen LogP contribution >= 0.6 is 0 Å². The van der Waals surface area contributed by atoms with Gasteiger partial charge in [-0.05, 0) is 44.2 Å². The van der Waals surface area contributed by atoms with Crippen LogP contribution in [0.5, 0.6) is 17.2 Å². The second kappa shape index (κ2) is 8.93. The zero-order valence-electron chi connectivity index (χ0n) is 15.7. The number of nitrogens with one attached hydrogen (secondary N) is 1. The second-order valence-electron chi connectivity index (χ2n) is 6.05. The molecular formula is C20H23NO6. The topological polar surface area (TPSA) is 94.1 Å². The van der Waals surface area contributed by atoms with Crippen molar-refractivity contribution >= 4 is 17.6 Å². The van der Waals surface area contributed by atoms with E-state index in [-0.39, 0.29) is 24.0 Å². The van der Waals surface area contributed by atoms with Gasteiger partial charge in [0.05, 0.1) is 38.0 Å². The molecule has 2 N–H and O–H groups in total. The monoisotopic (exact) mass is 373 g/mol. The number of rotatable bonds is 8. The fourth-order valence-corrected chi connectivity index (χ4v) is 2.57. The Morgan fingerprint density at radius 1 is 1.04 bits per heavy atom. The van der Waals surface area contributed by atoms with Crippen LogP contribution in [-0.4, -0.2) is 37.3 Å². The first-order valence-electron chi connectivity index (χ1n) is 8.39. The number of carboxylic acid groups (broad SMARTS) is 1. The van der Waals surface area contributed by atoms with Crippen molar-refractivity contribution in [2.24, 2.45) is 0 Å². The highest BCUT2D eigenvalue weighted by atomic mass is 16.5. The van der Waals surface area contributed by atoms with E-state index in [1.54, 1.807) is 18.2 Å². The number of hydrogen-bond acceptors (Lipinski definition) is 5. The van der Waals surface area contributed by atoms with Crippen LogP contribution < -0.4 is 19.5 Å². The molecule has 0 aliphatic carbocycles. The number of carboxylic acids is 1. The lowest BCUT2D eigenvalue weighted by molar-refractivity contribution is -0.115. The van der Waals surface area contributed by atoms with E-state index in [4.69, 9.17) is 14.2 Å². The minimum absolute atomic E-state index is 0.00833. The summed E-state index contributed by atoms with van der Waals surface area (Å²) in [5.74, 6) is 0.0159. The van der Waals surface area contributed by atoms with Crippen molar-refractivity contribution in [2.75, 3.05) is 19.5 Å². The van der Waals surface area contributed by atoms with E-state index in [9.17, 15) is 14.7 Å². The number of anilines is 1. The summed E-state index contributed by atoms with van der Waals surface area (Å²) in [6.07, 6.45) is -0.142. The lowest BCUT2D eigenvalue weighted by atomic mass is 10.1. The van der Waals surface area contributed by atoms with E-state index < -0.39 is 5.97 Å². The van der Waals surface area contributed by atoms with Crippen LogP contribution in [0.1, 0.15) is 29.8 Å². The van der Waals surface area contributed by atoms with E-state index in [1.165, 1.54) is 32.4 Å². The molecular weight excluding hydrogens is 350 g/mol. The first kappa shape index (κ1) is 20.1. The number of hydrogen-bond donors (Lipinski definition) is 2. The third-order valence-electron chi connectivity index (χ3n) is 3.73. The van der Waals surface area contributed by atoms with Crippen molar-refractivity contribution in [3.8, 4) is 17.2 Å². The molecule has 0 aliphatic heterocycles. The molecule has 2 aromatic rings. The first-order valence-corrected chi connectivity index (χ1v) is 8.39. The van der Waals surface area contributed by atoms with Crippen molar-refractivity contribution in [3.63, 3.8) is 0 Å². The molecule has 0 aromatic heterocycles. The van der Waals surface area contributed by atoms with Crippen molar-refractivity contribution in [3.05, 3.63) is 47.5 Å². The Hall–Kier alpha value is -3.22. The Kier molecular flexibility index (Phi) is 6.65. The van der Waals surface area contributed by atoms with Gasteiger partial charge in [-0.15, -0.1) is 0 Å². The molecule has 144 valence electrons. The summed E-state index contributed by atoms with van der Waals surface area (Å²) in [6, 6.07) is 9.58. The zero-order valence-corrected chi connectivity index (χ0v) is 15.7. The maximum atomic E-state index is 12.6. The fraction of sp³-hybridized carbons (Fsp3) is 0.300. The largest absolute Gasteiger partial charge is 0.496 e. The van der Waals surface area contributed by atoms with Crippen LogP contribution in [0.25, 0.3) is 0 Å². The highest BCUT2D eigenvalue weighted by Gasteiger charge is 2.17. The summed E-state index contributed by atoms with van der Waals surface area (Å²) < 4.78 is 16.3. The maximum absolute atomic E-state index is 12.6. The molecule has 0 heterocycles. The van der Waals surface area contributed by atoms with Gasteiger partial charge in [-0.3, -0.25) is 4.79 Å². The third-order valence-corrected chi connectivity index (χ3v) is 3.73. The molecule has 27 heavy (non-hydrogen) atoms. The minimum Gasteiger partial charge on any atom is -0.496 e. The maximum Gasteiger partial charge on any atom is 0.335 e. The number of aromatic carboxylic acids is 1. The Bertz CT molecular complexity index is 809. The van der Waals surface area contributed by atoms with Gasteiger partial charge in [-0.25, -0.2) is 4.79 Å². The molecule has 0 fully saturated rings. The number of amides is 1. The predicted molar refractivity (Wildman–Crippen MR) is 101 cm³/mol. The van der Waals surface area contributed by atoms with Crippen LogP contribution in [0, 0.1) is 0 Å². The predicted octanol–water partition coefficient (Wildman–Crippen LogP) is 3.37. The summed E-state index contributed by atoms with van der Waals surface area (Å²) in [6.45, 7) is 3.69. The standard InChI is InChI=1S/C20H23NO6/c1-12(2)27-18-9-8-13(20(23)24)10-15(18)21-19(22)11-14-16(25-3)6-5-7-17(14)26-4/h5-10,12H,11H2,1-4H3,(H,21,22)(H,23,24). The Balaban J connectivity index is 2.30. The lowest BCUT2D eigenvalue weighted by Gasteiger charge is -2.17. The highest BCUT2D eigenvalue weighted by Crippen LogP contribution is 2.30. The normalized spacial score (nSPS) is 10.4. The van der Waals surface area contributed by atoms with Gasteiger partial charge in [0.2, 0.25) is 5.91 Å². The summed E-state index contributed by atoms with van der Waals surface area (Å²) in [5, 5.41) is 11.9. The second-order valence-corrected chi connectivity index (χ2v) is 6.05. The van der Waals surface area contributed by atoms with Crippen LogP contribution in [0.2, 0.25) is 0 Å². The molecule has 0 spiro atoms. The number of benzene rings is 2. The lowest BCUT2D eigenvalue weighted by Crippen LogP contribution is -2.17. The molecule has 0 saturated heterocycles. The van der Waals surface area contributed by atoms with E-state index in [1.807, 2.05) is 13.8 Å². The third kappa shape index (κ3) is 5.13. The average molecular weight is 373 g/mol. The van der Waals surface area contributed by atoms with Gasteiger partial charge in [0, 0.05) is 5.56 Å². The summed E-state index contributed by atoms with van der Waals surface area (Å²) in [4.78, 5) is 23.9. The number of carbonyl (C=O) groups excluding carboxylic acids is 1. The van der Waals surface area contributed by atoms with Crippen LogP contribution in [0.15, 0.2) is 36.4 Å².